The van der Waals surface area contributed by atoms with Gasteiger partial charge in [-0.05, 0) is 141 Å². The Kier molecular flexibility index (Phi) is 61.9. The normalized spacial score (nSPS) is 13.1. The van der Waals surface area contributed by atoms with Gasteiger partial charge in [-0.2, -0.15) is 0 Å². The molecule has 0 amide bonds. The van der Waals surface area contributed by atoms with Gasteiger partial charge in [0.1, 0.15) is 13.2 Å². The number of rotatable bonds is 57. The molecule has 0 spiro atoms. The molecule has 0 saturated heterocycles. The minimum absolute atomic E-state index is 0.106. The fraction of sp³-hybridized carbons (Fsp3) is 0.630. The highest BCUT2D eigenvalue weighted by Gasteiger charge is 2.19. The first-order chi connectivity index (χ1) is 39.0. The minimum Gasteiger partial charge on any atom is -0.462 e. The Hall–Kier alpha value is -4.71. The van der Waals surface area contributed by atoms with Gasteiger partial charge in [0.05, 0.1) is 0 Å². The fourth-order valence-corrected chi connectivity index (χ4v) is 8.53. The molecule has 1 atom stereocenters. The van der Waals surface area contributed by atoms with Crippen LogP contribution in [-0.2, 0) is 28.6 Å². The molecule has 446 valence electrons. The number of ether oxygens (including phenoxy) is 3. The molecule has 0 fully saturated rings. The maximum atomic E-state index is 12.9. The predicted octanol–water partition coefficient (Wildman–Crippen LogP) is 22.3. The molecule has 0 rings (SSSR count). The summed E-state index contributed by atoms with van der Waals surface area (Å²) in [5.74, 6) is -0.971. The van der Waals surface area contributed by atoms with Crippen LogP contribution in [-0.4, -0.2) is 37.2 Å². The monoisotopic (exact) mass is 1090 g/mol. The van der Waals surface area contributed by atoms with Crippen LogP contribution in [0.1, 0.15) is 278 Å². The van der Waals surface area contributed by atoms with E-state index in [1.165, 1.54) is 89.9 Å². The summed E-state index contributed by atoms with van der Waals surface area (Å²) in [5.41, 5.74) is 0. The lowest BCUT2D eigenvalue weighted by atomic mass is 10.1. The van der Waals surface area contributed by atoms with Crippen LogP contribution in [0.15, 0.2) is 146 Å². The van der Waals surface area contributed by atoms with Crippen molar-refractivity contribution in [2.45, 2.75) is 284 Å². The van der Waals surface area contributed by atoms with Gasteiger partial charge in [0.25, 0.3) is 0 Å². The average Bonchev–Trinajstić information content (AvgIpc) is 3.45. The first-order valence-corrected chi connectivity index (χ1v) is 32.3. The summed E-state index contributed by atoms with van der Waals surface area (Å²) >= 11 is 0. The number of carbonyl (C=O) groups excluding carboxylic acids is 3. The molecule has 6 nitrogen and oxygen atoms in total. The molecule has 0 aliphatic carbocycles. The number of allylic oxidation sites excluding steroid dienone is 24. The second-order valence-corrected chi connectivity index (χ2v) is 20.9. The average molecular weight is 1090 g/mol. The SMILES string of the molecule is CC/C=C\C/C=C\C/C=C\C/C=C\C/C=C\C/C=C\CCCCC(=O)OCC(COC(=O)CCCCCCCCCCC/C=C\CCCCCCCC)OC(=O)CCCCCCC/C=C\C/C=C\C/C=C\C/C=C\C/C=C\CC. The van der Waals surface area contributed by atoms with E-state index in [9.17, 15) is 14.4 Å². The lowest BCUT2D eigenvalue weighted by molar-refractivity contribution is -0.167. The maximum absolute atomic E-state index is 12.9. The summed E-state index contributed by atoms with van der Waals surface area (Å²) in [6.45, 7) is 6.36. The predicted molar refractivity (Wildman–Crippen MR) is 343 cm³/mol. The molecule has 0 aliphatic heterocycles. The van der Waals surface area contributed by atoms with Gasteiger partial charge in [-0.1, -0.05) is 263 Å². The topological polar surface area (TPSA) is 78.9 Å². The summed E-state index contributed by atoms with van der Waals surface area (Å²) in [6.07, 6.45) is 94.2. The van der Waals surface area contributed by atoms with Gasteiger partial charge in [0, 0.05) is 19.3 Å². The molecule has 0 aromatic carbocycles. The van der Waals surface area contributed by atoms with E-state index in [-0.39, 0.29) is 31.1 Å². The lowest BCUT2D eigenvalue weighted by Gasteiger charge is -2.18. The van der Waals surface area contributed by atoms with Crippen LogP contribution in [0.5, 0.6) is 0 Å². The molecular weight excluding hydrogens is 973 g/mol. The van der Waals surface area contributed by atoms with Crippen molar-refractivity contribution in [2.24, 2.45) is 0 Å². The summed E-state index contributed by atoms with van der Waals surface area (Å²) in [5, 5.41) is 0. The molecule has 6 heteroatoms. The summed E-state index contributed by atoms with van der Waals surface area (Å²) in [4.78, 5) is 38.4. The van der Waals surface area contributed by atoms with Crippen LogP contribution in [0.4, 0.5) is 0 Å². The smallest absolute Gasteiger partial charge is 0.306 e. The quantitative estimate of drug-likeness (QED) is 0.0261. The van der Waals surface area contributed by atoms with Gasteiger partial charge in [0.15, 0.2) is 6.10 Å². The fourth-order valence-electron chi connectivity index (χ4n) is 8.53. The molecule has 0 aliphatic rings. The Morgan fingerprint density at radius 3 is 0.810 bits per heavy atom. The molecule has 0 radical (unpaired) electrons. The molecular formula is C73H118O6. The number of hydrogen-bond donors (Lipinski definition) is 0. The van der Waals surface area contributed by atoms with E-state index < -0.39 is 6.10 Å². The molecule has 1 unspecified atom stereocenters. The third-order valence-electron chi connectivity index (χ3n) is 13.3. The molecule has 0 aromatic rings. The van der Waals surface area contributed by atoms with Crippen molar-refractivity contribution in [3.05, 3.63) is 146 Å². The van der Waals surface area contributed by atoms with Crippen molar-refractivity contribution < 1.29 is 28.6 Å². The van der Waals surface area contributed by atoms with Gasteiger partial charge in [-0.15, -0.1) is 0 Å². The van der Waals surface area contributed by atoms with Crippen LogP contribution in [0.2, 0.25) is 0 Å². The molecule has 0 N–H and O–H groups in total. The maximum Gasteiger partial charge on any atom is 0.306 e. The van der Waals surface area contributed by atoms with Crippen LogP contribution < -0.4 is 0 Å². The van der Waals surface area contributed by atoms with E-state index in [1.54, 1.807) is 0 Å². The second-order valence-electron chi connectivity index (χ2n) is 20.9. The standard InChI is InChI=1S/C73H118O6/c1-4-7-10-13-16-19-22-25-28-31-34-36-39-42-45-48-51-54-57-60-63-66-72(75)78-69-70(68-77-71(74)65-62-59-56-53-50-47-44-41-38-33-30-27-24-21-18-15-12-9-6-3)79-73(76)67-64-61-58-55-52-49-46-43-40-37-35-32-29-26-23-20-17-14-11-8-5-2/h7-8,10-11,16-17,19-20,25-30,34-37,42-43,45-46,51,54,70H,4-6,9,12-15,18,21-24,31-33,38-41,44,47-50,52-53,55-69H2,1-3H3/b10-7-,11-8-,19-16-,20-17-,28-25-,29-26-,30-27-,36-34-,37-35-,45-42-,46-43-,54-51-. The van der Waals surface area contributed by atoms with Crippen molar-refractivity contribution in [1.29, 1.82) is 0 Å². The highest BCUT2D eigenvalue weighted by molar-refractivity contribution is 5.71. The number of unbranched alkanes of at least 4 members (excludes halogenated alkanes) is 22. The van der Waals surface area contributed by atoms with Gasteiger partial charge < -0.3 is 14.2 Å². The van der Waals surface area contributed by atoms with Crippen LogP contribution in [0.3, 0.4) is 0 Å². The lowest BCUT2D eigenvalue weighted by Crippen LogP contribution is -2.30. The molecule has 0 bridgehead atoms. The van der Waals surface area contributed by atoms with Crippen LogP contribution in [0.25, 0.3) is 0 Å². The van der Waals surface area contributed by atoms with E-state index in [0.29, 0.717) is 25.7 Å². The first kappa shape index (κ1) is 74.3. The van der Waals surface area contributed by atoms with Gasteiger partial charge >= 0.3 is 17.9 Å². The minimum atomic E-state index is -0.816. The summed E-state index contributed by atoms with van der Waals surface area (Å²) < 4.78 is 16.9. The number of carbonyl (C=O) groups is 3. The summed E-state index contributed by atoms with van der Waals surface area (Å²) in [7, 11) is 0. The van der Waals surface area contributed by atoms with Crippen molar-refractivity contribution in [3.63, 3.8) is 0 Å². The molecule has 0 saturated carbocycles. The zero-order valence-corrected chi connectivity index (χ0v) is 51.1. The summed E-state index contributed by atoms with van der Waals surface area (Å²) in [6, 6.07) is 0. The Bertz CT molecular complexity index is 1730. The molecule has 0 aromatic heterocycles. The zero-order chi connectivity index (χ0) is 57.1. The van der Waals surface area contributed by atoms with E-state index in [0.717, 1.165) is 141 Å². The van der Waals surface area contributed by atoms with Crippen LogP contribution in [0, 0.1) is 0 Å². The second kappa shape index (κ2) is 65.8. The van der Waals surface area contributed by atoms with Gasteiger partial charge in [0.2, 0.25) is 0 Å². The zero-order valence-electron chi connectivity index (χ0n) is 51.1. The largest absolute Gasteiger partial charge is 0.462 e. The Balaban J connectivity index is 4.53. The van der Waals surface area contributed by atoms with Gasteiger partial charge in [-0.25, -0.2) is 0 Å². The number of esters is 3. The molecule has 0 heterocycles. The van der Waals surface area contributed by atoms with E-state index >= 15 is 0 Å². The Morgan fingerprint density at radius 1 is 0.266 bits per heavy atom. The van der Waals surface area contributed by atoms with Crippen molar-refractivity contribution in [3.8, 4) is 0 Å². The third-order valence-corrected chi connectivity index (χ3v) is 13.3. The number of hydrogen-bond acceptors (Lipinski definition) is 6. The Labute approximate surface area is 487 Å². The van der Waals surface area contributed by atoms with Crippen molar-refractivity contribution in [2.75, 3.05) is 13.2 Å². The van der Waals surface area contributed by atoms with E-state index in [1.807, 2.05) is 0 Å². The van der Waals surface area contributed by atoms with Crippen molar-refractivity contribution in [1.82, 2.24) is 0 Å². The third kappa shape index (κ3) is 64.0. The van der Waals surface area contributed by atoms with Crippen LogP contribution >= 0.6 is 0 Å². The highest BCUT2D eigenvalue weighted by atomic mass is 16.6. The first-order valence-electron chi connectivity index (χ1n) is 32.3. The van der Waals surface area contributed by atoms with E-state index in [4.69, 9.17) is 14.2 Å². The van der Waals surface area contributed by atoms with E-state index in [2.05, 4.69) is 167 Å². The Morgan fingerprint density at radius 2 is 0.494 bits per heavy atom. The highest BCUT2D eigenvalue weighted by Crippen LogP contribution is 2.15. The molecule has 79 heavy (non-hydrogen) atoms. The van der Waals surface area contributed by atoms with Crippen molar-refractivity contribution >= 4 is 17.9 Å². The van der Waals surface area contributed by atoms with Gasteiger partial charge in [-0.3, -0.25) is 14.4 Å².